The molecule has 2 atom stereocenters. The van der Waals surface area contributed by atoms with E-state index in [4.69, 9.17) is 5.73 Å². The molecule has 41 heavy (non-hydrogen) atoms. The van der Waals surface area contributed by atoms with Crippen molar-refractivity contribution in [2.75, 3.05) is 6.54 Å². The van der Waals surface area contributed by atoms with Crippen molar-refractivity contribution in [1.82, 2.24) is 15.5 Å². The minimum absolute atomic E-state index is 0.0448. The van der Waals surface area contributed by atoms with Crippen LogP contribution in [0.3, 0.4) is 0 Å². The van der Waals surface area contributed by atoms with Crippen LogP contribution in [0.15, 0.2) is 72.8 Å². The molecule has 0 saturated heterocycles. The summed E-state index contributed by atoms with van der Waals surface area (Å²) in [5.41, 5.74) is 9.48. The van der Waals surface area contributed by atoms with Gasteiger partial charge in [-0.3, -0.25) is 14.5 Å². The molecule has 0 spiro atoms. The number of carbonyl (C=O) groups is 3. The Morgan fingerprint density at radius 1 is 0.878 bits per heavy atom. The van der Waals surface area contributed by atoms with Gasteiger partial charge in [-0.2, -0.15) is 0 Å². The van der Waals surface area contributed by atoms with Crippen LogP contribution in [0, 0.1) is 13.8 Å². The lowest BCUT2D eigenvalue weighted by Gasteiger charge is -2.33. The number of aromatic hydroxyl groups is 1. The minimum Gasteiger partial charge on any atom is -0.508 e. The zero-order chi connectivity index (χ0) is 30.2. The van der Waals surface area contributed by atoms with Crippen LogP contribution in [0.1, 0.15) is 41.7 Å². The molecule has 3 aromatic rings. The number of phenols is 1. The van der Waals surface area contributed by atoms with E-state index in [0.29, 0.717) is 6.42 Å². The standard InChI is InChI=1S/C32H40N4O5/c1-21-15-25(37)16-22(2)26(21)18-27(33)29(38)34-20-32(3,4)35-30(39)28(17-23-11-7-5-8-12-23)36(31(40)41)19-24-13-9-6-10-14-24/h5-16,27-28,37H,17-20,33H2,1-4H3,(H,34,38)(H,35,39)(H,40,41)/t27-,28-/m0/s1. The summed E-state index contributed by atoms with van der Waals surface area (Å²) in [4.78, 5) is 40.0. The predicted molar refractivity (Wildman–Crippen MR) is 158 cm³/mol. The number of nitrogens with zero attached hydrogens (tertiary/aromatic N) is 1. The van der Waals surface area contributed by atoms with Crippen molar-refractivity contribution in [2.24, 2.45) is 5.73 Å². The van der Waals surface area contributed by atoms with Crippen molar-refractivity contribution in [2.45, 2.75) is 64.7 Å². The normalized spacial score (nSPS) is 12.7. The Labute approximate surface area is 241 Å². The molecule has 0 radical (unpaired) electrons. The number of carbonyl (C=O) groups excluding carboxylic acids is 2. The van der Waals surface area contributed by atoms with Gasteiger partial charge in [-0.1, -0.05) is 60.7 Å². The topological polar surface area (TPSA) is 145 Å². The number of hydrogen-bond donors (Lipinski definition) is 5. The van der Waals surface area contributed by atoms with Crippen LogP contribution in [0.25, 0.3) is 0 Å². The van der Waals surface area contributed by atoms with Gasteiger partial charge in [-0.05, 0) is 74.1 Å². The monoisotopic (exact) mass is 560 g/mol. The summed E-state index contributed by atoms with van der Waals surface area (Å²) in [6, 6.07) is 19.8. The SMILES string of the molecule is Cc1cc(O)cc(C)c1C[C@H](N)C(=O)NCC(C)(C)NC(=O)[C@H](Cc1ccccc1)N(Cc1ccccc1)C(=O)O. The largest absolute Gasteiger partial charge is 0.508 e. The third kappa shape index (κ3) is 9.08. The van der Waals surface area contributed by atoms with Gasteiger partial charge < -0.3 is 26.6 Å². The van der Waals surface area contributed by atoms with Crippen LogP contribution in [-0.4, -0.2) is 57.2 Å². The molecule has 0 aliphatic rings. The molecule has 0 bridgehead atoms. The van der Waals surface area contributed by atoms with Crippen LogP contribution < -0.4 is 16.4 Å². The highest BCUT2D eigenvalue weighted by molar-refractivity contribution is 5.86. The second kappa shape index (κ2) is 13.8. The van der Waals surface area contributed by atoms with Crippen molar-refractivity contribution >= 4 is 17.9 Å². The van der Waals surface area contributed by atoms with E-state index in [1.165, 1.54) is 0 Å². The Kier molecular flexibility index (Phi) is 10.5. The molecular formula is C32H40N4O5. The van der Waals surface area contributed by atoms with Crippen LogP contribution in [-0.2, 0) is 29.0 Å². The Morgan fingerprint density at radius 2 is 1.41 bits per heavy atom. The predicted octanol–water partition coefficient (Wildman–Crippen LogP) is 3.68. The first-order valence-electron chi connectivity index (χ1n) is 13.6. The van der Waals surface area contributed by atoms with E-state index in [-0.39, 0.29) is 31.2 Å². The summed E-state index contributed by atoms with van der Waals surface area (Å²) in [5, 5.41) is 25.7. The van der Waals surface area contributed by atoms with Crippen LogP contribution in [0.4, 0.5) is 4.79 Å². The lowest BCUT2D eigenvalue weighted by molar-refractivity contribution is -0.128. The molecule has 9 heteroatoms. The Hall–Kier alpha value is -4.37. The molecule has 0 aromatic heterocycles. The first kappa shape index (κ1) is 31.2. The van der Waals surface area contributed by atoms with E-state index in [2.05, 4.69) is 10.6 Å². The van der Waals surface area contributed by atoms with E-state index in [1.807, 2.05) is 74.5 Å². The second-order valence-corrected chi connectivity index (χ2v) is 11.1. The van der Waals surface area contributed by atoms with Gasteiger partial charge in [0.25, 0.3) is 0 Å². The van der Waals surface area contributed by atoms with Crippen LogP contribution in [0.5, 0.6) is 5.75 Å². The van der Waals surface area contributed by atoms with E-state index in [0.717, 1.165) is 32.7 Å². The van der Waals surface area contributed by atoms with Gasteiger partial charge in [0.05, 0.1) is 11.6 Å². The molecule has 0 unspecified atom stereocenters. The first-order valence-corrected chi connectivity index (χ1v) is 13.6. The van der Waals surface area contributed by atoms with Gasteiger partial charge in [0, 0.05) is 19.5 Å². The molecule has 3 rings (SSSR count). The fourth-order valence-electron chi connectivity index (χ4n) is 4.78. The fourth-order valence-corrected chi connectivity index (χ4v) is 4.78. The summed E-state index contributed by atoms with van der Waals surface area (Å²) in [7, 11) is 0. The van der Waals surface area contributed by atoms with E-state index < -0.39 is 29.6 Å². The fraction of sp³-hybridized carbons (Fsp3) is 0.344. The van der Waals surface area contributed by atoms with Gasteiger partial charge >= 0.3 is 6.09 Å². The maximum absolute atomic E-state index is 13.6. The van der Waals surface area contributed by atoms with Crippen molar-refractivity contribution in [3.8, 4) is 5.75 Å². The molecular weight excluding hydrogens is 520 g/mol. The third-order valence-corrected chi connectivity index (χ3v) is 7.00. The Balaban J connectivity index is 1.71. The number of benzene rings is 3. The average Bonchev–Trinajstić information content (AvgIpc) is 2.92. The minimum atomic E-state index is -1.21. The molecule has 0 aliphatic carbocycles. The Morgan fingerprint density at radius 3 is 1.95 bits per heavy atom. The number of nitrogens with two attached hydrogens (primary N) is 1. The summed E-state index contributed by atoms with van der Waals surface area (Å²) >= 11 is 0. The lowest BCUT2D eigenvalue weighted by atomic mass is 9.95. The van der Waals surface area contributed by atoms with Gasteiger partial charge in [-0.25, -0.2) is 4.79 Å². The average molecular weight is 561 g/mol. The number of rotatable bonds is 12. The van der Waals surface area contributed by atoms with Gasteiger partial charge in [-0.15, -0.1) is 0 Å². The third-order valence-electron chi connectivity index (χ3n) is 7.00. The second-order valence-electron chi connectivity index (χ2n) is 11.1. The van der Waals surface area contributed by atoms with E-state index in [9.17, 15) is 24.6 Å². The van der Waals surface area contributed by atoms with Crippen LogP contribution >= 0.6 is 0 Å². The first-order chi connectivity index (χ1) is 19.4. The van der Waals surface area contributed by atoms with Crippen molar-refractivity contribution in [3.05, 3.63) is 101 Å². The van der Waals surface area contributed by atoms with Gasteiger partial charge in [0.1, 0.15) is 11.8 Å². The summed E-state index contributed by atoms with van der Waals surface area (Å²) in [6.07, 6.45) is -0.727. The maximum Gasteiger partial charge on any atom is 0.408 e. The molecule has 218 valence electrons. The molecule has 3 aromatic carbocycles. The molecule has 3 amide bonds. The highest BCUT2D eigenvalue weighted by atomic mass is 16.4. The number of hydrogen-bond acceptors (Lipinski definition) is 5. The van der Waals surface area contributed by atoms with Gasteiger partial charge in [0.15, 0.2) is 0 Å². The maximum atomic E-state index is 13.6. The van der Waals surface area contributed by atoms with E-state index in [1.54, 1.807) is 26.0 Å². The van der Waals surface area contributed by atoms with Crippen molar-refractivity contribution in [3.63, 3.8) is 0 Å². The van der Waals surface area contributed by atoms with Crippen molar-refractivity contribution < 1.29 is 24.6 Å². The number of aryl methyl sites for hydroxylation is 2. The quantitative estimate of drug-likeness (QED) is 0.229. The van der Waals surface area contributed by atoms with Gasteiger partial charge in [0.2, 0.25) is 11.8 Å². The van der Waals surface area contributed by atoms with Crippen molar-refractivity contribution in [1.29, 1.82) is 0 Å². The summed E-state index contributed by atoms with van der Waals surface area (Å²) < 4.78 is 0. The summed E-state index contributed by atoms with van der Waals surface area (Å²) in [5.74, 6) is -0.683. The number of nitrogens with one attached hydrogen (secondary N) is 2. The number of carboxylic acid groups (broad SMARTS) is 1. The summed E-state index contributed by atoms with van der Waals surface area (Å²) in [6.45, 7) is 7.36. The molecule has 9 nitrogen and oxygen atoms in total. The zero-order valence-corrected chi connectivity index (χ0v) is 24.1. The highest BCUT2D eigenvalue weighted by Crippen LogP contribution is 2.22. The van der Waals surface area contributed by atoms with Crippen LogP contribution in [0.2, 0.25) is 0 Å². The molecule has 0 saturated carbocycles. The highest BCUT2D eigenvalue weighted by Gasteiger charge is 2.33. The lowest BCUT2D eigenvalue weighted by Crippen LogP contribution is -2.59. The number of phenolic OH excluding ortho intramolecular Hbond substituents is 1. The zero-order valence-electron chi connectivity index (χ0n) is 24.1. The smallest absolute Gasteiger partial charge is 0.408 e. The number of amides is 3. The molecule has 0 aliphatic heterocycles. The molecule has 0 heterocycles. The molecule has 0 fully saturated rings. The Bertz CT molecular complexity index is 1320. The molecule has 6 N–H and O–H groups in total. The van der Waals surface area contributed by atoms with E-state index >= 15 is 0 Å².